The van der Waals surface area contributed by atoms with Crippen molar-refractivity contribution < 1.29 is 9.90 Å². The molecule has 19 heavy (non-hydrogen) atoms. The van der Waals surface area contributed by atoms with Crippen LogP contribution >= 0.6 is 31.9 Å². The highest BCUT2D eigenvalue weighted by molar-refractivity contribution is 9.10. The SMILES string of the molecule is Nc1ccc(Br)c(NC(=O)c2cc(Br)ccc2O)c1. The molecule has 0 aliphatic rings. The molecule has 0 aliphatic heterocycles. The van der Waals surface area contributed by atoms with Crippen LogP contribution in [0.1, 0.15) is 10.4 Å². The maximum atomic E-state index is 12.1. The van der Waals surface area contributed by atoms with Crippen LogP contribution in [-0.4, -0.2) is 11.0 Å². The zero-order valence-corrected chi connectivity index (χ0v) is 12.8. The Morgan fingerprint density at radius 3 is 2.63 bits per heavy atom. The van der Waals surface area contributed by atoms with Crippen molar-refractivity contribution in [3.63, 3.8) is 0 Å². The summed E-state index contributed by atoms with van der Waals surface area (Å²) in [5, 5.41) is 12.4. The van der Waals surface area contributed by atoms with E-state index in [4.69, 9.17) is 5.73 Å². The number of nitrogen functional groups attached to an aromatic ring is 1. The molecule has 2 rings (SSSR count). The van der Waals surface area contributed by atoms with E-state index in [1.807, 2.05) is 0 Å². The molecule has 6 heteroatoms. The molecule has 98 valence electrons. The standard InChI is InChI=1S/C13H10Br2N2O2/c14-7-1-4-12(18)9(5-7)13(19)17-11-6-8(16)2-3-10(11)15/h1-6,18H,16H2,(H,17,19). The average molecular weight is 386 g/mol. The van der Waals surface area contributed by atoms with Crippen LogP contribution in [0.4, 0.5) is 11.4 Å². The number of hydrogen-bond donors (Lipinski definition) is 3. The molecule has 2 aromatic rings. The lowest BCUT2D eigenvalue weighted by atomic mass is 10.2. The number of phenols is 1. The number of phenolic OH excluding ortho intramolecular Hbond substituents is 1. The summed E-state index contributed by atoms with van der Waals surface area (Å²) in [6.45, 7) is 0. The third-order valence-electron chi connectivity index (χ3n) is 2.44. The Labute approximate surface area is 126 Å². The van der Waals surface area contributed by atoms with Crippen molar-refractivity contribution in [3.05, 3.63) is 50.9 Å². The summed E-state index contributed by atoms with van der Waals surface area (Å²) in [5.41, 5.74) is 6.94. The van der Waals surface area contributed by atoms with Crippen molar-refractivity contribution in [2.75, 3.05) is 11.1 Å². The third kappa shape index (κ3) is 3.27. The number of nitrogens with one attached hydrogen (secondary N) is 1. The second-order valence-corrected chi connectivity index (χ2v) is 5.62. The maximum Gasteiger partial charge on any atom is 0.259 e. The van der Waals surface area contributed by atoms with Gasteiger partial charge in [0.2, 0.25) is 0 Å². The topological polar surface area (TPSA) is 75.3 Å². The van der Waals surface area contributed by atoms with Crippen LogP contribution < -0.4 is 11.1 Å². The Bertz CT molecular complexity index is 645. The number of carbonyl (C=O) groups is 1. The van der Waals surface area contributed by atoms with E-state index in [1.165, 1.54) is 6.07 Å². The average Bonchev–Trinajstić information content (AvgIpc) is 2.36. The number of halogens is 2. The Balaban J connectivity index is 2.30. The molecular formula is C13H10Br2N2O2. The highest BCUT2D eigenvalue weighted by Gasteiger charge is 2.13. The summed E-state index contributed by atoms with van der Waals surface area (Å²) in [4.78, 5) is 12.1. The van der Waals surface area contributed by atoms with Crippen LogP contribution in [0.2, 0.25) is 0 Å². The second kappa shape index (κ2) is 5.63. The van der Waals surface area contributed by atoms with Gasteiger partial charge < -0.3 is 16.2 Å². The van der Waals surface area contributed by atoms with Gasteiger partial charge in [-0.3, -0.25) is 4.79 Å². The quantitative estimate of drug-likeness (QED) is 0.689. The summed E-state index contributed by atoms with van der Waals surface area (Å²) in [6, 6.07) is 9.75. The first kappa shape index (κ1) is 13.9. The van der Waals surface area contributed by atoms with E-state index in [-0.39, 0.29) is 11.3 Å². The van der Waals surface area contributed by atoms with E-state index in [9.17, 15) is 9.90 Å². The number of hydrogen-bond acceptors (Lipinski definition) is 3. The van der Waals surface area contributed by atoms with Crippen molar-refractivity contribution in [1.29, 1.82) is 0 Å². The molecule has 0 unspecified atom stereocenters. The third-order valence-corrected chi connectivity index (χ3v) is 3.63. The van der Waals surface area contributed by atoms with E-state index >= 15 is 0 Å². The zero-order chi connectivity index (χ0) is 14.0. The molecular weight excluding hydrogens is 376 g/mol. The minimum atomic E-state index is -0.412. The first-order chi connectivity index (χ1) is 8.97. The minimum absolute atomic E-state index is 0.0827. The summed E-state index contributed by atoms with van der Waals surface area (Å²) >= 11 is 6.58. The summed E-state index contributed by atoms with van der Waals surface area (Å²) in [6.07, 6.45) is 0. The van der Waals surface area contributed by atoms with Crippen LogP contribution in [0, 0.1) is 0 Å². The zero-order valence-electron chi connectivity index (χ0n) is 9.65. The van der Waals surface area contributed by atoms with Gasteiger partial charge in [-0.1, -0.05) is 15.9 Å². The van der Waals surface area contributed by atoms with E-state index in [0.717, 1.165) is 0 Å². The number of carbonyl (C=O) groups excluding carboxylic acids is 1. The number of amides is 1. The largest absolute Gasteiger partial charge is 0.507 e. The molecule has 0 radical (unpaired) electrons. The Kier molecular flexibility index (Phi) is 4.11. The fourth-order valence-corrected chi connectivity index (χ4v) is 2.23. The van der Waals surface area contributed by atoms with Crippen molar-refractivity contribution in [2.24, 2.45) is 0 Å². The molecule has 0 fully saturated rings. The fourth-order valence-electron chi connectivity index (χ4n) is 1.52. The maximum absolute atomic E-state index is 12.1. The van der Waals surface area contributed by atoms with Crippen molar-refractivity contribution in [1.82, 2.24) is 0 Å². The number of anilines is 2. The highest BCUT2D eigenvalue weighted by atomic mass is 79.9. The van der Waals surface area contributed by atoms with E-state index in [2.05, 4.69) is 37.2 Å². The van der Waals surface area contributed by atoms with E-state index in [0.29, 0.717) is 20.3 Å². The molecule has 1 amide bonds. The molecule has 0 saturated carbocycles. The number of nitrogens with two attached hydrogens (primary N) is 1. The van der Waals surface area contributed by atoms with Crippen LogP contribution in [0.3, 0.4) is 0 Å². The number of benzene rings is 2. The molecule has 0 bridgehead atoms. The second-order valence-electron chi connectivity index (χ2n) is 3.85. The van der Waals surface area contributed by atoms with Gasteiger partial charge in [-0.25, -0.2) is 0 Å². The first-order valence-electron chi connectivity index (χ1n) is 5.32. The Morgan fingerprint density at radius 1 is 1.16 bits per heavy atom. The predicted molar refractivity (Wildman–Crippen MR) is 82.3 cm³/mol. The highest BCUT2D eigenvalue weighted by Crippen LogP contribution is 2.27. The van der Waals surface area contributed by atoms with Crippen molar-refractivity contribution in [3.8, 4) is 5.75 Å². The lowest BCUT2D eigenvalue weighted by molar-refractivity contribution is 0.102. The van der Waals surface area contributed by atoms with Gasteiger partial charge in [0.05, 0.1) is 11.3 Å². The lowest BCUT2D eigenvalue weighted by Crippen LogP contribution is -2.12. The lowest BCUT2D eigenvalue weighted by Gasteiger charge is -2.09. The molecule has 4 N–H and O–H groups in total. The molecule has 0 atom stereocenters. The van der Waals surface area contributed by atoms with Crippen molar-refractivity contribution >= 4 is 49.1 Å². The smallest absolute Gasteiger partial charge is 0.259 e. The van der Waals surface area contributed by atoms with Gasteiger partial charge in [0, 0.05) is 14.6 Å². The molecule has 0 aliphatic carbocycles. The molecule has 0 heterocycles. The summed E-state index contributed by atoms with van der Waals surface area (Å²) < 4.78 is 1.42. The fraction of sp³-hybridized carbons (Fsp3) is 0. The van der Waals surface area contributed by atoms with Crippen LogP contribution in [0.5, 0.6) is 5.75 Å². The molecule has 0 saturated heterocycles. The first-order valence-corrected chi connectivity index (χ1v) is 6.91. The van der Waals surface area contributed by atoms with Crippen molar-refractivity contribution in [2.45, 2.75) is 0 Å². The number of aromatic hydroxyl groups is 1. The van der Waals surface area contributed by atoms with Crippen LogP contribution in [0.15, 0.2) is 45.3 Å². The van der Waals surface area contributed by atoms with Gasteiger partial charge in [0.25, 0.3) is 5.91 Å². The van der Waals surface area contributed by atoms with Crippen LogP contribution in [-0.2, 0) is 0 Å². The van der Waals surface area contributed by atoms with Gasteiger partial charge in [-0.05, 0) is 52.3 Å². The van der Waals surface area contributed by atoms with E-state index in [1.54, 1.807) is 30.3 Å². The van der Waals surface area contributed by atoms with Gasteiger partial charge in [-0.15, -0.1) is 0 Å². The van der Waals surface area contributed by atoms with E-state index < -0.39 is 5.91 Å². The number of rotatable bonds is 2. The van der Waals surface area contributed by atoms with Crippen LogP contribution in [0.25, 0.3) is 0 Å². The summed E-state index contributed by atoms with van der Waals surface area (Å²) in [7, 11) is 0. The van der Waals surface area contributed by atoms with Gasteiger partial charge in [0.15, 0.2) is 0 Å². The molecule has 0 spiro atoms. The Hall–Kier alpha value is -1.53. The minimum Gasteiger partial charge on any atom is -0.507 e. The summed E-state index contributed by atoms with van der Waals surface area (Å²) in [5.74, 6) is -0.495. The van der Waals surface area contributed by atoms with Gasteiger partial charge in [0.1, 0.15) is 5.75 Å². The predicted octanol–water partition coefficient (Wildman–Crippen LogP) is 3.75. The normalized spacial score (nSPS) is 10.2. The van der Waals surface area contributed by atoms with Gasteiger partial charge in [-0.2, -0.15) is 0 Å². The Morgan fingerprint density at radius 2 is 1.89 bits per heavy atom. The molecule has 4 nitrogen and oxygen atoms in total. The monoisotopic (exact) mass is 384 g/mol. The van der Waals surface area contributed by atoms with Gasteiger partial charge >= 0.3 is 0 Å². The molecule has 0 aromatic heterocycles. The molecule has 2 aromatic carbocycles.